The number of benzene rings is 3. The molecule has 0 saturated heterocycles. The number of halogens is 1. The highest BCUT2D eigenvalue weighted by atomic mass is 19.1. The highest BCUT2D eigenvalue weighted by Gasteiger charge is 2.06. The summed E-state index contributed by atoms with van der Waals surface area (Å²) in [7, 11) is 1.66. The van der Waals surface area contributed by atoms with Gasteiger partial charge in [0.1, 0.15) is 5.82 Å². The summed E-state index contributed by atoms with van der Waals surface area (Å²) >= 11 is 0. The molecule has 0 aromatic heterocycles. The van der Waals surface area contributed by atoms with E-state index in [-0.39, 0.29) is 5.82 Å². The fourth-order valence-electron chi connectivity index (χ4n) is 2.98. The monoisotopic (exact) mass is 379 g/mol. The molecule has 0 aliphatic heterocycles. The van der Waals surface area contributed by atoms with Crippen LogP contribution in [0.2, 0.25) is 0 Å². The fourth-order valence-corrected chi connectivity index (χ4v) is 2.98. The minimum absolute atomic E-state index is 0.199. The van der Waals surface area contributed by atoms with Gasteiger partial charge < -0.3 is 14.8 Å². The van der Waals surface area contributed by atoms with Crippen molar-refractivity contribution >= 4 is 0 Å². The van der Waals surface area contributed by atoms with Crippen molar-refractivity contribution in [1.82, 2.24) is 5.32 Å². The van der Waals surface area contributed by atoms with E-state index in [0.717, 1.165) is 48.6 Å². The largest absolute Gasteiger partial charge is 0.493 e. The van der Waals surface area contributed by atoms with E-state index in [1.54, 1.807) is 7.11 Å². The van der Waals surface area contributed by atoms with Gasteiger partial charge in [0.05, 0.1) is 13.7 Å². The predicted molar refractivity (Wildman–Crippen MR) is 110 cm³/mol. The zero-order valence-electron chi connectivity index (χ0n) is 16.2. The van der Waals surface area contributed by atoms with Gasteiger partial charge in [-0.05, 0) is 53.9 Å². The van der Waals surface area contributed by atoms with Crippen molar-refractivity contribution in [3.05, 3.63) is 95.3 Å². The van der Waals surface area contributed by atoms with Crippen LogP contribution in [0.4, 0.5) is 4.39 Å². The van der Waals surface area contributed by atoms with Gasteiger partial charge in [0, 0.05) is 13.0 Å². The molecule has 28 heavy (non-hydrogen) atoms. The van der Waals surface area contributed by atoms with Gasteiger partial charge in [0.15, 0.2) is 11.5 Å². The predicted octanol–water partition coefficient (Wildman–Crippen LogP) is 4.79. The molecule has 1 N–H and O–H groups in total. The van der Waals surface area contributed by atoms with Crippen LogP contribution in [0.25, 0.3) is 0 Å². The topological polar surface area (TPSA) is 30.5 Å². The van der Waals surface area contributed by atoms with Gasteiger partial charge in [-0.2, -0.15) is 0 Å². The molecule has 0 spiro atoms. The van der Waals surface area contributed by atoms with Crippen molar-refractivity contribution in [3.63, 3.8) is 0 Å². The highest BCUT2D eigenvalue weighted by molar-refractivity contribution is 5.43. The number of nitrogens with one attached hydrogen (secondary N) is 1. The number of rotatable bonds is 10. The van der Waals surface area contributed by atoms with Crippen LogP contribution >= 0.6 is 0 Å². The Kier molecular flexibility index (Phi) is 7.44. The highest BCUT2D eigenvalue weighted by Crippen LogP contribution is 2.28. The van der Waals surface area contributed by atoms with Crippen molar-refractivity contribution in [2.45, 2.75) is 19.4 Å². The van der Waals surface area contributed by atoms with E-state index in [2.05, 4.69) is 17.4 Å². The van der Waals surface area contributed by atoms with Gasteiger partial charge in [0.2, 0.25) is 0 Å². The summed E-state index contributed by atoms with van der Waals surface area (Å²) in [6, 6.07) is 22.9. The molecule has 0 unspecified atom stereocenters. The van der Waals surface area contributed by atoms with E-state index in [1.165, 1.54) is 17.7 Å². The van der Waals surface area contributed by atoms with E-state index in [0.29, 0.717) is 6.61 Å². The molecule has 3 aromatic carbocycles. The van der Waals surface area contributed by atoms with Crippen LogP contribution in [0.5, 0.6) is 11.5 Å². The Morgan fingerprint density at radius 3 is 2.25 bits per heavy atom. The van der Waals surface area contributed by atoms with Gasteiger partial charge in [-0.15, -0.1) is 0 Å². The van der Waals surface area contributed by atoms with E-state index in [9.17, 15) is 4.39 Å². The standard InChI is InChI=1S/C24H26FNO2/c1-27-24-17-21(18-26-15-13-20-7-10-22(25)11-8-20)9-12-23(24)28-16-14-19-5-3-2-4-6-19/h2-12,17,26H,13-16,18H2,1H3. The summed E-state index contributed by atoms with van der Waals surface area (Å²) in [6.07, 6.45) is 1.72. The SMILES string of the molecule is COc1cc(CNCCc2ccc(F)cc2)ccc1OCCc1ccccc1. The Morgan fingerprint density at radius 2 is 1.50 bits per heavy atom. The van der Waals surface area contributed by atoms with Gasteiger partial charge in [-0.3, -0.25) is 0 Å². The summed E-state index contributed by atoms with van der Waals surface area (Å²) in [5.74, 6) is 1.30. The molecule has 0 atom stereocenters. The molecule has 4 heteroatoms. The van der Waals surface area contributed by atoms with E-state index in [1.807, 2.05) is 48.5 Å². The lowest BCUT2D eigenvalue weighted by molar-refractivity contribution is 0.297. The van der Waals surface area contributed by atoms with E-state index in [4.69, 9.17) is 9.47 Å². The maximum Gasteiger partial charge on any atom is 0.161 e. The van der Waals surface area contributed by atoms with Gasteiger partial charge >= 0.3 is 0 Å². The van der Waals surface area contributed by atoms with Crippen LogP contribution in [0, 0.1) is 5.82 Å². The molecular formula is C24H26FNO2. The van der Waals surface area contributed by atoms with Crippen LogP contribution in [0.1, 0.15) is 16.7 Å². The average molecular weight is 379 g/mol. The number of hydrogen-bond acceptors (Lipinski definition) is 3. The van der Waals surface area contributed by atoms with Gasteiger partial charge in [-0.25, -0.2) is 4.39 Å². The maximum absolute atomic E-state index is 12.9. The minimum Gasteiger partial charge on any atom is -0.493 e. The lowest BCUT2D eigenvalue weighted by atomic mass is 10.1. The second kappa shape index (κ2) is 10.5. The molecule has 0 amide bonds. The molecule has 146 valence electrons. The first-order chi connectivity index (χ1) is 13.7. The van der Waals surface area contributed by atoms with Crippen molar-refractivity contribution in [3.8, 4) is 11.5 Å². The Hall–Kier alpha value is -2.85. The van der Waals surface area contributed by atoms with Crippen LogP contribution in [-0.2, 0) is 19.4 Å². The third-order valence-corrected chi connectivity index (χ3v) is 4.55. The lowest BCUT2D eigenvalue weighted by Gasteiger charge is -2.13. The molecule has 3 nitrogen and oxygen atoms in total. The summed E-state index contributed by atoms with van der Waals surface area (Å²) in [6.45, 7) is 2.17. The molecule has 0 aliphatic rings. The van der Waals surface area contributed by atoms with Crippen molar-refractivity contribution in [2.75, 3.05) is 20.3 Å². The van der Waals surface area contributed by atoms with Crippen molar-refractivity contribution < 1.29 is 13.9 Å². The first-order valence-electron chi connectivity index (χ1n) is 9.53. The van der Waals surface area contributed by atoms with Crippen LogP contribution in [-0.4, -0.2) is 20.3 Å². The van der Waals surface area contributed by atoms with Crippen LogP contribution in [0.15, 0.2) is 72.8 Å². The molecule has 0 bridgehead atoms. The number of hydrogen-bond donors (Lipinski definition) is 1. The Morgan fingerprint density at radius 1 is 0.786 bits per heavy atom. The summed E-state index contributed by atoms with van der Waals surface area (Å²) in [5, 5.41) is 3.41. The molecule has 0 saturated carbocycles. The molecular weight excluding hydrogens is 353 g/mol. The molecule has 0 radical (unpaired) electrons. The van der Waals surface area contributed by atoms with Crippen LogP contribution in [0.3, 0.4) is 0 Å². The van der Waals surface area contributed by atoms with E-state index < -0.39 is 0 Å². The average Bonchev–Trinajstić information content (AvgIpc) is 2.74. The van der Waals surface area contributed by atoms with Crippen molar-refractivity contribution in [2.24, 2.45) is 0 Å². The van der Waals surface area contributed by atoms with E-state index >= 15 is 0 Å². The Balaban J connectivity index is 1.46. The quantitative estimate of drug-likeness (QED) is 0.514. The molecule has 3 aromatic rings. The molecule has 0 fully saturated rings. The second-order valence-electron chi connectivity index (χ2n) is 6.62. The van der Waals surface area contributed by atoms with Gasteiger partial charge in [0.25, 0.3) is 0 Å². The molecule has 0 aliphatic carbocycles. The Bertz CT molecular complexity index is 850. The smallest absolute Gasteiger partial charge is 0.161 e. The first-order valence-corrected chi connectivity index (χ1v) is 9.53. The summed E-state index contributed by atoms with van der Waals surface area (Å²) < 4.78 is 24.3. The fraction of sp³-hybridized carbons (Fsp3) is 0.250. The summed E-state index contributed by atoms with van der Waals surface area (Å²) in [5.41, 5.74) is 3.50. The molecule has 3 rings (SSSR count). The maximum atomic E-state index is 12.9. The summed E-state index contributed by atoms with van der Waals surface area (Å²) in [4.78, 5) is 0. The zero-order valence-corrected chi connectivity index (χ0v) is 16.2. The van der Waals surface area contributed by atoms with Crippen LogP contribution < -0.4 is 14.8 Å². The number of ether oxygens (including phenoxy) is 2. The minimum atomic E-state index is -0.199. The third-order valence-electron chi connectivity index (χ3n) is 4.55. The zero-order chi connectivity index (χ0) is 19.6. The van der Waals surface area contributed by atoms with Crippen molar-refractivity contribution in [1.29, 1.82) is 0 Å². The number of methoxy groups -OCH3 is 1. The third kappa shape index (κ3) is 6.10. The lowest BCUT2D eigenvalue weighted by Crippen LogP contribution is -2.16. The Labute approximate surface area is 166 Å². The normalized spacial score (nSPS) is 10.6. The molecule has 0 heterocycles. The second-order valence-corrected chi connectivity index (χ2v) is 6.62. The van der Waals surface area contributed by atoms with Gasteiger partial charge in [-0.1, -0.05) is 48.5 Å². The first kappa shape index (κ1) is 19.9.